The lowest BCUT2D eigenvalue weighted by Crippen LogP contribution is -2.11. The van der Waals surface area contributed by atoms with E-state index in [1.165, 1.54) is 0 Å². The highest BCUT2D eigenvalue weighted by molar-refractivity contribution is 7.80. The van der Waals surface area contributed by atoms with Crippen molar-refractivity contribution in [2.24, 2.45) is 5.73 Å². The molecule has 2 aromatic rings. The lowest BCUT2D eigenvalue weighted by Gasteiger charge is -2.09. The van der Waals surface area contributed by atoms with Crippen molar-refractivity contribution in [3.05, 3.63) is 39.5 Å². The Morgan fingerprint density at radius 1 is 1.31 bits per heavy atom. The van der Waals surface area contributed by atoms with E-state index < -0.39 is 0 Å². The maximum atomic E-state index is 6.12. The van der Waals surface area contributed by atoms with Crippen LogP contribution >= 0.6 is 35.4 Å². The molecular formula is C11H8Cl2N2S. The number of nitrogens with two attached hydrogens (primary N) is 1. The van der Waals surface area contributed by atoms with E-state index in [0.717, 1.165) is 5.69 Å². The van der Waals surface area contributed by atoms with E-state index in [4.69, 9.17) is 41.2 Å². The molecule has 0 saturated heterocycles. The van der Waals surface area contributed by atoms with Crippen LogP contribution in [-0.2, 0) is 0 Å². The van der Waals surface area contributed by atoms with Crippen molar-refractivity contribution < 1.29 is 0 Å². The number of pyridine rings is 1. The van der Waals surface area contributed by atoms with Gasteiger partial charge in [-0.25, -0.2) is 0 Å². The van der Waals surface area contributed by atoms with Crippen LogP contribution in [0.25, 0.3) is 10.9 Å². The molecule has 1 aromatic carbocycles. The summed E-state index contributed by atoms with van der Waals surface area (Å²) >= 11 is 17.2. The van der Waals surface area contributed by atoms with E-state index in [1.54, 1.807) is 12.1 Å². The molecule has 0 bridgehead atoms. The van der Waals surface area contributed by atoms with E-state index in [0.29, 0.717) is 31.5 Å². The highest BCUT2D eigenvalue weighted by Gasteiger charge is 2.12. The molecule has 0 aliphatic rings. The Balaban J connectivity index is 3.00. The zero-order chi connectivity index (χ0) is 11.9. The highest BCUT2D eigenvalue weighted by Crippen LogP contribution is 2.31. The second-order valence-electron chi connectivity index (χ2n) is 3.43. The van der Waals surface area contributed by atoms with Crippen molar-refractivity contribution in [3.8, 4) is 0 Å². The Hall–Kier alpha value is -0.900. The molecule has 16 heavy (non-hydrogen) atoms. The van der Waals surface area contributed by atoms with Gasteiger partial charge in [-0.1, -0.05) is 35.4 Å². The Morgan fingerprint density at radius 3 is 2.56 bits per heavy atom. The Kier molecular flexibility index (Phi) is 3.02. The topological polar surface area (TPSA) is 38.9 Å². The molecular weight excluding hydrogens is 263 g/mol. The van der Waals surface area contributed by atoms with Crippen molar-refractivity contribution in [2.45, 2.75) is 6.92 Å². The fraction of sp³-hybridized carbons (Fsp3) is 0.0909. The van der Waals surface area contributed by atoms with Gasteiger partial charge in [-0.2, -0.15) is 0 Å². The van der Waals surface area contributed by atoms with Crippen LogP contribution in [-0.4, -0.2) is 9.97 Å². The molecule has 0 aliphatic heterocycles. The van der Waals surface area contributed by atoms with Crippen LogP contribution in [0.15, 0.2) is 18.2 Å². The third kappa shape index (κ3) is 1.86. The first-order valence-corrected chi connectivity index (χ1v) is 5.72. The summed E-state index contributed by atoms with van der Waals surface area (Å²) < 4.78 is 0. The molecule has 0 radical (unpaired) electrons. The van der Waals surface area contributed by atoms with Crippen LogP contribution in [0, 0.1) is 6.92 Å². The van der Waals surface area contributed by atoms with Crippen LogP contribution in [0.1, 0.15) is 11.3 Å². The predicted octanol–water partition coefficient (Wildman–Crippen LogP) is 3.48. The molecule has 2 N–H and O–H groups in total. The summed E-state index contributed by atoms with van der Waals surface area (Å²) in [5.41, 5.74) is 7.82. The summed E-state index contributed by atoms with van der Waals surface area (Å²) in [5, 5.41) is 1.81. The molecule has 1 heterocycles. The van der Waals surface area contributed by atoms with Crippen LogP contribution in [0.2, 0.25) is 10.0 Å². The quantitative estimate of drug-likeness (QED) is 0.807. The van der Waals surface area contributed by atoms with Crippen molar-refractivity contribution in [1.29, 1.82) is 0 Å². The molecule has 5 heteroatoms. The molecule has 0 saturated carbocycles. The van der Waals surface area contributed by atoms with Gasteiger partial charge in [0.1, 0.15) is 4.99 Å². The van der Waals surface area contributed by atoms with Crippen LogP contribution in [0.5, 0.6) is 0 Å². The minimum absolute atomic E-state index is 0.291. The van der Waals surface area contributed by atoms with Gasteiger partial charge in [0.05, 0.1) is 15.6 Å². The lowest BCUT2D eigenvalue weighted by molar-refractivity contribution is 1.25. The van der Waals surface area contributed by atoms with Gasteiger partial charge in [0.25, 0.3) is 0 Å². The number of hydrogen-bond acceptors (Lipinski definition) is 2. The second-order valence-corrected chi connectivity index (χ2v) is 4.68. The maximum absolute atomic E-state index is 6.12. The van der Waals surface area contributed by atoms with Gasteiger partial charge in [0.2, 0.25) is 0 Å². The van der Waals surface area contributed by atoms with Crippen molar-refractivity contribution >= 4 is 51.3 Å². The average Bonchev–Trinajstić information content (AvgIpc) is 2.22. The van der Waals surface area contributed by atoms with Crippen LogP contribution in [0.4, 0.5) is 0 Å². The zero-order valence-corrected chi connectivity index (χ0v) is 10.7. The normalized spacial score (nSPS) is 10.7. The summed E-state index contributed by atoms with van der Waals surface area (Å²) in [6.45, 7) is 1.86. The van der Waals surface area contributed by atoms with E-state index in [-0.39, 0.29) is 0 Å². The number of aryl methyl sites for hydroxylation is 1. The monoisotopic (exact) mass is 270 g/mol. The van der Waals surface area contributed by atoms with E-state index in [2.05, 4.69) is 4.98 Å². The van der Waals surface area contributed by atoms with Crippen molar-refractivity contribution in [3.63, 3.8) is 0 Å². The molecule has 1 aromatic heterocycles. The third-order valence-corrected chi connectivity index (χ3v) is 3.09. The molecule has 0 amide bonds. The van der Waals surface area contributed by atoms with E-state index >= 15 is 0 Å². The molecule has 0 spiro atoms. The van der Waals surface area contributed by atoms with Crippen molar-refractivity contribution in [2.75, 3.05) is 0 Å². The fourth-order valence-corrected chi connectivity index (χ4v) is 2.21. The lowest BCUT2D eigenvalue weighted by atomic mass is 10.1. The van der Waals surface area contributed by atoms with Gasteiger partial charge in [-0.05, 0) is 25.1 Å². The van der Waals surface area contributed by atoms with Crippen molar-refractivity contribution in [1.82, 2.24) is 4.98 Å². The molecule has 2 rings (SSSR count). The summed E-state index contributed by atoms with van der Waals surface area (Å²) in [5.74, 6) is 0. The Labute approximate surface area is 108 Å². The summed E-state index contributed by atoms with van der Waals surface area (Å²) in [4.78, 5) is 4.64. The molecule has 0 aliphatic carbocycles. The van der Waals surface area contributed by atoms with Gasteiger partial charge in [0, 0.05) is 16.6 Å². The average molecular weight is 271 g/mol. The Bertz CT molecular complexity index is 596. The van der Waals surface area contributed by atoms with E-state index in [1.807, 2.05) is 13.0 Å². The van der Waals surface area contributed by atoms with Gasteiger partial charge < -0.3 is 5.73 Å². The molecule has 0 atom stereocenters. The summed E-state index contributed by atoms with van der Waals surface area (Å²) in [7, 11) is 0. The first kappa shape index (κ1) is 11.6. The van der Waals surface area contributed by atoms with E-state index in [9.17, 15) is 0 Å². The van der Waals surface area contributed by atoms with Gasteiger partial charge in [-0.3, -0.25) is 4.98 Å². The minimum atomic E-state index is 0.291. The number of fused-ring (bicyclic) bond motifs is 1. The predicted molar refractivity (Wildman–Crippen MR) is 72.4 cm³/mol. The first-order valence-electron chi connectivity index (χ1n) is 4.56. The number of thiocarbonyl (C=S) groups is 1. The first-order chi connectivity index (χ1) is 7.50. The number of hydrogen-bond donors (Lipinski definition) is 1. The van der Waals surface area contributed by atoms with Gasteiger partial charge in [-0.15, -0.1) is 0 Å². The molecule has 0 fully saturated rings. The summed E-state index contributed by atoms with van der Waals surface area (Å²) in [6, 6.07) is 5.24. The number of halogens is 2. The number of nitrogens with zero attached hydrogens (tertiary/aromatic N) is 1. The number of aromatic nitrogens is 1. The largest absolute Gasteiger partial charge is 0.389 e. The number of rotatable bonds is 1. The summed E-state index contributed by atoms with van der Waals surface area (Å²) in [6.07, 6.45) is 0. The Morgan fingerprint density at radius 2 is 1.94 bits per heavy atom. The van der Waals surface area contributed by atoms with Gasteiger partial charge >= 0.3 is 0 Å². The smallest absolute Gasteiger partial charge is 0.104 e. The molecule has 2 nitrogen and oxygen atoms in total. The minimum Gasteiger partial charge on any atom is -0.389 e. The van der Waals surface area contributed by atoms with Gasteiger partial charge in [0.15, 0.2) is 0 Å². The van der Waals surface area contributed by atoms with Crippen LogP contribution < -0.4 is 5.73 Å². The number of benzene rings is 1. The molecule has 82 valence electrons. The maximum Gasteiger partial charge on any atom is 0.104 e. The zero-order valence-electron chi connectivity index (χ0n) is 8.42. The highest BCUT2D eigenvalue weighted by atomic mass is 35.5. The van der Waals surface area contributed by atoms with Crippen LogP contribution in [0.3, 0.4) is 0 Å². The molecule has 0 unspecified atom stereocenters. The second kappa shape index (κ2) is 4.17. The fourth-order valence-electron chi connectivity index (χ4n) is 1.59. The third-order valence-electron chi connectivity index (χ3n) is 2.25. The standard InChI is InChI=1S/C11H8Cl2N2S/c1-5-4-6(11(14)16)9-7(12)2-3-8(13)10(9)15-5/h2-4H,1H3,(H2,14,16). The SMILES string of the molecule is Cc1cc(C(N)=S)c2c(Cl)ccc(Cl)c2n1.